The topological polar surface area (TPSA) is 53.2 Å². The number of unbranched alkanes of at least 4 members (excludes halogenated alkanes) is 2. The van der Waals surface area contributed by atoms with Crippen molar-refractivity contribution in [2.24, 2.45) is 0 Å². The number of allylic oxidation sites excluding steroid dienone is 1. The van der Waals surface area contributed by atoms with Gasteiger partial charge in [0.15, 0.2) is 5.11 Å². The molecular formula is C17H23N3OS. The standard InChI is InChI=1S/C17H23N3OS/c1-3-4-6-11-14-15(12(2)18-17(22)20-14)16(21)19-13-9-7-5-8-10-13/h5,7-10,14H,3-4,6,11H2,1-2H3,(H,19,21)(H2,18,20,22). The highest BCUT2D eigenvalue weighted by atomic mass is 32.1. The van der Waals surface area contributed by atoms with Crippen LogP contribution >= 0.6 is 12.2 Å². The van der Waals surface area contributed by atoms with Crippen LogP contribution in [0.4, 0.5) is 5.69 Å². The zero-order chi connectivity index (χ0) is 15.9. The molecule has 118 valence electrons. The van der Waals surface area contributed by atoms with Crippen LogP contribution in [0, 0.1) is 0 Å². The molecule has 1 aromatic rings. The van der Waals surface area contributed by atoms with Gasteiger partial charge in [0.05, 0.1) is 11.6 Å². The molecule has 1 aliphatic rings. The monoisotopic (exact) mass is 317 g/mol. The zero-order valence-corrected chi connectivity index (χ0v) is 13.9. The van der Waals surface area contributed by atoms with Gasteiger partial charge < -0.3 is 16.0 Å². The molecule has 0 spiro atoms. The highest BCUT2D eigenvalue weighted by Crippen LogP contribution is 2.20. The van der Waals surface area contributed by atoms with E-state index in [0.717, 1.165) is 42.6 Å². The van der Waals surface area contributed by atoms with Gasteiger partial charge in [0.25, 0.3) is 5.91 Å². The van der Waals surface area contributed by atoms with Gasteiger partial charge in [0, 0.05) is 11.4 Å². The third-order valence-electron chi connectivity index (χ3n) is 3.73. The van der Waals surface area contributed by atoms with Crippen LogP contribution in [0.2, 0.25) is 0 Å². The van der Waals surface area contributed by atoms with Crippen LogP contribution in [0.25, 0.3) is 0 Å². The quantitative estimate of drug-likeness (QED) is 0.556. The lowest BCUT2D eigenvalue weighted by Gasteiger charge is -2.30. The van der Waals surface area contributed by atoms with Crippen molar-refractivity contribution in [1.82, 2.24) is 10.6 Å². The summed E-state index contributed by atoms with van der Waals surface area (Å²) in [5.74, 6) is -0.0762. The van der Waals surface area contributed by atoms with Crippen molar-refractivity contribution in [3.63, 3.8) is 0 Å². The van der Waals surface area contributed by atoms with E-state index in [4.69, 9.17) is 12.2 Å². The van der Waals surface area contributed by atoms with Crippen LogP contribution in [0.5, 0.6) is 0 Å². The van der Waals surface area contributed by atoms with Crippen LogP contribution < -0.4 is 16.0 Å². The lowest BCUT2D eigenvalue weighted by molar-refractivity contribution is -0.113. The molecule has 2 rings (SSSR count). The molecule has 0 aromatic heterocycles. The first kappa shape index (κ1) is 16.5. The van der Waals surface area contributed by atoms with E-state index in [9.17, 15) is 4.79 Å². The Morgan fingerprint density at radius 1 is 1.27 bits per heavy atom. The maximum absolute atomic E-state index is 12.6. The Balaban J connectivity index is 2.13. The summed E-state index contributed by atoms with van der Waals surface area (Å²) < 4.78 is 0. The fraction of sp³-hybridized carbons (Fsp3) is 0.412. The minimum atomic E-state index is -0.0762. The third kappa shape index (κ3) is 4.31. The molecule has 1 atom stereocenters. The highest BCUT2D eigenvalue weighted by molar-refractivity contribution is 7.80. The second-order valence-electron chi connectivity index (χ2n) is 5.51. The Kier molecular flexibility index (Phi) is 5.95. The van der Waals surface area contributed by atoms with Crippen molar-refractivity contribution in [3.8, 4) is 0 Å². The Morgan fingerprint density at radius 3 is 2.68 bits per heavy atom. The van der Waals surface area contributed by atoms with Crippen LogP contribution in [0.15, 0.2) is 41.6 Å². The molecule has 1 amide bonds. The van der Waals surface area contributed by atoms with Gasteiger partial charge in [-0.2, -0.15) is 0 Å². The van der Waals surface area contributed by atoms with E-state index >= 15 is 0 Å². The molecule has 1 aromatic carbocycles. The van der Waals surface area contributed by atoms with E-state index in [1.807, 2.05) is 37.3 Å². The number of hydrogen-bond acceptors (Lipinski definition) is 2. The number of carbonyl (C=O) groups excluding carboxylic acids is 1. The van der Waals surface area contributed by atoms with Gasteiger partial charge in [0.1, 0.15) is 0 Å². The highest BCUT2D eigenvalue weighted by Gasteiger charge is 2.28. The third-order valence-corrected chi connectivity index (χ3v) is 3.95. The summed E-state index contributed by atoms with van der Waals surface area (Å²) in [7, 11) is 0. The van der Waals surface area contributed by atoms with Crippen LogP contribution in [-0.4, -0.2) is 17.1 Å². The number of anilines is 1. The number of hydrogen-bond donors (Lipinski definition) is 3. The SMILES string of the molecule is CCCCCC1NC(=S)NC(C)=C1C(=O)Nc1ccccc1. The lowest BCUT2D eigenvalue weighted by atomic mass is 9.96. The van der Waals surface area contributed by atoms with Gasteiger partial charge in [0.2, 0.25) is 0 Å². The fourth-order valence-corrected chi connectivity index (χ4v) is 2.92. The van der Waals surface area contributed by atoms with Crippen molar-refractivity contribution < 1.29 is 4.79 Å². The number of amides is 1. The molecule has 3 N–H and O–H groups in total. The average molecular weight is 317 g/mol. The average Bonchev–Trinajstić information content (AvgIpc) is 2.47. The summed E-state index contributed by atoms with van der Waals surface area (Å²) in [4.78, 5) is 12.6. The second-order valence-corrected chi connectivity index (χ2v) is 5.91. The molecule has 0 radical (unpaired) electrons. The van der Waals surface area contributed by atoms with E-state index in [1.54, 1.807) is 0 Å². The van der Waals surface area contributed by atoms with Gasteiger partial charge >= 0.3 is 0 Å². The van der Waals surface area contributed by atoms with Crippen LogP contribution in [-0.2, 0) is 4.79 Å². The van der Waals surface area contributed by atoms with E-state index in [2.05, 4.69) is 22.9 Å². The van der Waals surface area contributed by atoms with E-state index in [1.165, 1.54) is 0 Å². The molecule has 1 heterocycles. The summed E-state index contributed by atoms with van der Waals surface area (Å²) in [6.45, 7) is 4.07. The predicted molar refractivity (Wildman–Crippen MR) is 94.6 cm³/mol. The minimum absolute atomic E-state index is 0.0241. The van der Waals surface area contributed by atoms with Crippen LogP contribution in [0.1, 0.15) is 39.5 Å². The molecule has 1 unspecified atom stereocenters. The smallest absolute Gasteiger partial charge is 0.255 e. The van der Waals surface area contributed by atoms with Crippen molar-refractivity contribution in [2.75, 3.05) is 5.32 Å². The number of benzene rings is 1. The molecule has 0 saturated carbocycles. The van der Waals surface area contributed by atoms with Crippen molar-refractivity contribution in [2.45, 2.75) is 45.6 Å². The van der Waals surface area contributed by atoms with Gasteiger partial charge in [-0.1, -0.05) is 44.4 Å². The number of rotatable bonds is 6. The van der Waals surface area contributed by atoms with Gasteiger partial charge in [-0.05, 0) is 37.7 Å². The molecule has 1 aliphatic heterocycles. The largest absolute Gasteiger partial charge is 0.355 e. The summed E-state index contributed by atoms with van der Waals surface area (Å²) in [6, 6.07) is 9.48. The van der Waals surface area contributed by atoms with Crippen LogP contribution in [0.3, 0.4) is 0 Å². The van der Waals surface area contributed by atoms with Crippen molar-refractivity contribution in [3.05, 3.63) is 41.6 Å². The predicted octanol–water partition coefficient (Wildman–Crippen LogP) is 3.33. The maximum Gasteiger partial charge on any atom is 0.255 e. The molecule has 5 heteroatoms. The van der Waals surface area contributed by atoms with Gasteiger partial charge in [-0.25, -0.2) is 0 Å². The first-order valence-electron chi connectivity index (χ1n) is 7.76. The van der Waals surface area contributed by atoms with Gasteiger partial charge in [-0.15, -0.1) is 0 Å². The Labute approximate surface area is 137 Å². The van der Waals surface area contributed by atoms with E-state index < -0.39 is 0 Å². The number of nitrogens with one attached hydrogen (secondary N) is 3. The Hall–Kier alpha value is -1.88. The van der Waals surface area contributed by atoms with E-state index in [-0.39, 0.29) is 11.9 Å². The summed E-state index contributed by atoms with van der Waals surface area (Å²) in [5, 5.41) is 9.83. The normalized spacial score (nSPS) is 17.7. The second kappa shape index (κ2) is 7.94. The van der Waals surface area contributed by atoms with Crippen molar-refractivity contribution >= 4 is 28.9 Å². The minimum Gasteiger partial charge on any atom is -0.355 e. The molecular weight excluding hydrogens is 294 g/mol. The molecule has 0 aliphatic carbocycles. The molecule has 0 saturated heterocycles. The maximum atomic E-state index is 12.6. The summed E-state index contributed by atoms with van der Waals surface area (Å²) >= 11 is 5.22. The Morgan fingerprint density at radius 2 is 2.00 bits per heavy atom. The molecule has 0 bridgehead atoms. The molecule has 4 nitrogen and oxygen atoms in total. The van der Waals surface area contributed by atoms with E-state index in [0.29, 0.717) is 5.11 Å². The summed E-state index contributed by atoms with van der Waals surface area (Å²) in [5.41, 5.74) is 2.38. The molecule has 22 heavy (non-hydrogen) atoms. The summed E-state index contributed by atoms with van der Waals surface area (Å²) in [6.07, 6.45) is 4.30. The fourth-order valence-electron chi connectivity index (χ4n) is 2.63. The number of thiocarbonyl (C=S) groups is 1. The Bertz CT molecular complexity index is 569. The first-order chi connectivity index (χ1) is 10.6. The lowest BCUT2D eigenvalue weighted by Crippen LogP contribution is -2.50. The number of carbonyl (C=O) groups is 1. The first-order valence-corrected chi connectivity index (χ1v) is 8.17. The molecule has 0 fully saturated rings. The van der Waals surface area contributed by atoms with Gasteiger partial charge in [-0.3, -0.25) is 4.79 Å². The zero-order valence-electron chi connectivity index (χ0n) is 13.1. The van der Waals surface area contributed by atoms with Crippen molar-refractivity contribution in [1.29, 1.82) is 0 Å². The number of para-hydroxylation sites is 1.